The van der Waals surface area contributed by atoms with Crippen LogP contribution in [0.3, 0.4) is 0 Å². The van der Waals surface area contributed by atoms with E-state index in [9.17, 15) is 9.59 Å². The van der Waals surface area contributed by atoms with Crippen LogP contribution in [0.25, 0.3) is 0 Å². The molecule has 3 rings (SSSR count). The Morgan fingerprint density at radius 3 is 2.41 bits per heavy atom. The van der Waals surface area contributed by atoms with Gasteiger partial charge in [-0.25, -0.2) is 4.79 Å². The lowest BCUT2D eigenvalue weighted by molar-refractivity contribution is -0.120. The van der Waals surface area contributed by atoms with Gasteiger partial charge in [-0.15, -0.1) is 0 Å². The zero-order valence-electron chi connectivity index (χ0n) is 16.0. The van der Waals surface area contributed by atoms with E-state index < -0.39 is 0 Å². The van der Waals surface area contributed by atoms with Gasteiger partial charge in [0.05, 0.1) is 17.9 Å². The van der Waals surface area contributed by atoms with Crippen molar-refractivity contribution in [2.24, 2.45) is 0 Å². The molecule has 27 heavy (non-hydrogen) atoms. The molecule has 6 heteroatoms. The molecule has 1 aliphatic heterocycles. The fourth-order valence-electron chi connectivity index (χ4n) is 3.04. The molecule has 1 fully saturated rings. The highest BCUT2D eigenvalue weighted by Gasteiger charge is 2.19. The summed E-state index contributed by atoms with van der Waals surface area (Å²) < 4.78 is 0. The molecule has 2 aromatic rings. The number of nitrogens with zero attached hydrogens (tertiary/aromatic N) is 1. The van der Waals surface area contributed by atoms with Gasteiger partial charge in [0.15, 0.2) is 0 Å². The van der Waals surface area contributed by atoms with Crippen LogP contribution in [0, 0.1) is 0 Å². The van der Waals surface area contributed by atoms with E-state index in [-0.39, 0.29) is 23.9 Å². The van der Waals surface area contributed by atoms with Gasteiger partial charge in [-0.3, -0.25) is 4.79 Å². The molecule has 1 saturated heterocycles. The fraction of sp³-hybridized carbons (Fsp3) is 0.333. The van der Waals surface area contributed by atoms with Gasteiger partial charge in [0, 0.05) is 18.8 Å². The number of hydrogen-bond donors (Lipinski definition) is 3. The number of hydrogen-bond acceptors (Lipinski definition) is 3. The minimum Gasteiger partial charge on any atom is -0.359 e. The molecule has 2 aromatic carbocycles. The van der Waals surface area contributed by atoms with E-state index in [0.29, 0.717) is 18.8 Å². The number of rotatable bonds is 3. The summed E-state index contributed by atoms with van der Waals surface area (Å²) in [6, 6.07) is 15.1. The molecule has 3 N–H and O–H groups in total. The van der Waals surface area contributed by atoms with Crippen LogP contribution in [0.4, 0.5) is 21.9 Å². The molecule has 0 radical (unpaired) electrons. The van der Waals surface area contributed by atoms with Crippen LogP contribution in [0.5, 0.6) is 0 Å². The summed E-state index contributed by atoms with van der Waals surface area (Å²) in [6.07, 6.45) is 0. The molecule has 0 aromatic heterocycles. The van der Waals surface area contributed by atoms with Gasteiger partial charge >= 0.3 is 6.03 Å². The van der Waals surface area contributed by atoms with Crippen LogP contribution in [-0.4, -0.2) is 31.6 Å². The molecule has 0 atom stereocenters. The molecule has 0 aliphatic carbocycles. The summed E-state index contributed by atoms with van der Waals surface area (Å²) in [5.41, 5.74) is 3.53. The number of carbonyl (C=O) groups excluding carboxylic acids is 2. The second kappa shape index (κ2) is 7.70. The lowest BCUT2D eigenvalue weighted by atomic mass is 9.87. The molecule has 3 amide bonds. The minimum atomic E-state index is -0.313. The van der Waals surface area contributed by atoms with Crippen molar-refractivity contribution in [3.8, 4) is 0 Å². The summed E-state index contributed by atoms with van der Waals surface area (Å²) in [6.45, 7) is 8.05. The van der Waals surface area contributed by atoms with E-state index in [4.69, 9.17) is 0 Å². The van der Waals surface area contributed by atoms with Gasteiger partial charge in [-0.2, -0.15) is 0 Å². The molecule has 0 spiro atoms. The van der Waals surface area contributed by atoms with Crippen LogP contribution < -0.4 is 20.9 Å². The lowest BCUT2D eigenvalue weighted by Gasteiger charge is -2.30. The zero-order chi connectivity index (χ0) is 19.4. The third kappa shape index (κ3) is 4.78. The molecular formula is C21H26N4O2. The fourth-order valence-corrected chi connectivity index (χ4v) is 3.04. The maximum atomic E-state index is 12.4. The standard InChI is InChI=1S/C21H26N4O2/c1-21(2,3)15-8-10-16(11-9-15)23-20(27)24-17-6-4-5-7-18(17)25-13-12-22-19(26)14-25/h4-11H,12-14H2,1-3H3,(H,22,26)(H2,23,24,27). The average Bonchev–Trinajstić information content (AvgIpc) is 2.62. The molecule has 142 valence electrons. The van der Waals surface area contributed by atoms with Crippen molar-refractivity contribution < 1.29 is 9.59 Å². The SMILES string of the molecule is CC(C)(C)c1ccc(NC(=O)Nc2ccccc2N2CCNC(=O)C2)cc1. The third-order valence-corrected chi connectivity index (χ3v) is 4.54. The smallest absolute Gasteiger partial charge is 0.323 e. The molecule has 0 bridgehead atoms. The van der Waals surface area contributed by atoms with Gasteiger partial charge in [-0.1, -0.05) is 45.0 Å². The topological polar surface area (TPSA) is 73.5 Å². The van der Waals surface area contributed by atoms with E-state index in [1.54, 1.807) is 0 Å². The number of nitrogens with one attached hydrogen (secondary N) is 3. The number of carbonyl (C=O) groups is 2. The largest absolute Gasteiger partial charge is 0.359 e. The summed E-state index contributed by atoms with van der Waals surface area (Å²) in [7, 11) is 0. The maximum absolute atomic E-state index is 12.4. The van der Waals surface area contributed by atoms with Gasteiger partial charge in [-0.05, 0) is 35.2 Å². The van der Waals surface area contributed by atoms with Gasteiger partial charge < -0.3 is 20.9 Å². The Balaban J connectivity index is 1.68. The van der Waals surface area contributed by atoms with Gasteiger partial charge in [0.1, 0.15) is 0 Å². The number of para-hydroxylation sites is 2. The molecule has 1 heterocycles. The number of anilines is 3. The van der Waals surface area contributed by atoms with E-state index >= 15 is 0 Å². The first-order chi connectivity index (χ1) is 12.8. The Morgan fingerprint density at radius 1 is 1.04 bits per heavy atom. The van der Waals surface area contributed by atoms with Gasteiger partial charge in [0.25, 0.3) is 0 Å². The second-order valence-corrected chi connectivity index (χ2v) is 7.70. The first-order valence-corrected chi connectivity index (χ1v) is 9.12. The van der Waals surface area contributed by atoms with Crippen LogP contribution in [0.15, 0.2) is 48.5 Å². The van der Waals surface area contributed by atoms with Crippen molar-refractivity contribution in [1.82, 2.24) is 5.32 Å². The maximum Gasteiger partial charge on any atom is 0.323 e. The highest BCUT2D eigenvalue weighted by molar-refractivity contribution is 6.02. The van der Waals surface area contributed by atoms with Crippen molar-refractivity contribution in [3.63, 3.8) is 0 Å². The first-order valence-electron chi connectivity index (χ1n) is 9.12. The quantitative estimate of drug-likeness (QED) is 0.778. The van der Waals surface area contributed by atoms with E-state index in [1.165, 1.54) is 5.56 Å². The number of urea groups is 1. The van der Waals surface area contributed by atoms with Crippen LogP contribution in [0.1, 0.15) is 26.3 Å². The number of piperazine rings is 1. The molecule has 0 saturated carbocycles. The summed E-state index contributed by atoms with van der Waals surface area (Å²) in [5.74, 6) is -0.0144. The Labute approximate surface area is 159 Å². The predicted octanol–water partition coefficient (Wildman–Crippen LogP) is 3.56. The van der Waals surface area contributed by atoms with Crippen LogP contribution in [-0.2, 0) is 10.2 Å². The summed E-state index contributed by atoms with van der Waals surface area (Å²) in [4.78, 5) is 26.1. The summed E-state index contributed by atoms with van der Waals surface area (Å²) in [5, 5.41) is 8.56. The number of benzene rings is 2. The first kappa shape index (κ1) is 18.8. The van der Waals surface area contributed by atoms with Gasteiger partial charge in [0.2, 0.25) is 5.91 Å². The van der Waals surface area contributed by atoms with Crippen molar-refractivity contribution in [3.05, 3.63) is 54.1 Å². The van der Waals surface area contributed by atoms with E-state index in [2.05, 4.69) is 36.7 Å². The highest BCUT2D eigenvalue weighted by atomic mass is 16.2. The highest BCUT2D eigenvalue weighted by Crippen LogP contribution is 2.27. The zero-order valence-corrected chi connectivity index (χ0v) is 16.0. The number of amides is 3. The van der Waals surface area contributed by atoms with Crippen LogP contribution in [0.2, 0.25) is 0 Å². The Hall–Kier alpha value is -3.02. The van der Waals surface area contributed by atoms with Crippen molar-refractivity contribution in [2.45, 2.75) is 26.2 Å². The monoisotopic (exact) mass is 366 g/mol. The predicted molar refractivity (Wildman–Crippen MR) is 109 cm³/mol. The second-order valence-electron chi connectivity index (χ2n) is 7.70. The summed E-state index contributed by atoms with van der Waals surface area (Å²) >= 11 is 0. The normalized spacial score (nSPS) is 14.5. The van der Waals surface area contributed by atoms with Crippen molar-refractivity contribution in [1.29, 1.82) is 0 Å². The Morgan fingerprint density at radius 2 is 1.74 bits per heavy atom. The molecule has 6 nitrogen and oxygen atoms in total. The Kier molecular flexibility index (Phi) is 5.35. The van der Waals surface area contributed by atoms with Crippen molar-refractivity contribution in [2.75, 3.05) is 35.2 Å². The Bertz CT molecular complexity index is 825. The lowest BCUT2D eigenvalue weighted by Crippen LogP contribution is -2.48. The van der Waals surface area contributed by atoms with Crippen molar-refractivity contribution >= 4 is 29.0 Å². The van der Waals surface area contributed by atoms with Crippen LogP contribution >= 0.6 is 0 Å². The average molecular weight is 366 g/mol. The molecule has 1 aliphatic rings. The van der Waals surface area contributed by atoms with E-state index in [1.807, 2.05) is 53.4 Å². The third-order valence-electron chi connectivity index (χ3n) is 4.54. The molecular weight excluding hydrogens is 340 g/mol. The molecule has 0 unspecified atom stereocenters. The van der Waals surface area contributed by atoms with E-state index in [0.717, 1.165) is 11.4 Å². The minimum absolute atomic E-state index is 0.0144.